The summed E-state index contributed by atoms with van der Waals surface area (Å²) in [7, 11) is -3.61. The largest absolute Gasteiger partial charge is 0.379 e. The number of benzene rings is 1. The molecule has 0 spiro atoms. The molecule has 1 saturated heterocycles. The minimum absolute atomic E-state index is 0.135. The lowest BCUT2D eigenvalue weighted by Crippen LogP contribution is -2.40. The molecule has 3 heterocycles. The summed E-state index contributed by atoms with van der Waals surface area (Å²) in [5.41, 5.74) is 8.16. The number of aryl methyl sites for hydroxylation is 2. The zero-order valence-corrected chi connectivity index (χ0v) is 18.9. The van der Waals surface area contributed by atoms with Crippen LogP contribution in [0.5, 0.6) is 0 Å². The molecule has 10 heteroatoms. The molecule has 3 aromatic rings. The SMILES string of the molecule is Cc1ccc(S(=O)(=O)N2CCOCC2)cc1-c1cc(NCCCn2cccc2)nc(N)n1. The first-order valence-electron chi connectivity index (χ1n) is 10.6. The molecular weight excluding hydrogens is 428 g/mol. The standard InChI is InChI=1S/C22H28N6O3S/c1-17-5-6-18(32(29,30)28-11-13-31-14-12-28)15-19(17)20-16-21(26-22(23)25-20)24-7-4-10-27-8-2-3-9-27/h2-3,5-6,8-9,15-16H,4,7,10-14H2,1H3,(H3,23,24,25,26). The van der Waals surface area contributed by atoms with Crippen LogP contribution < -0.4 is 11.1 Å². The molecule has 0 aliphatic carbocycles. The number of nitrogens with zero attached hydrogens (tertiary/aromatic N) is 4. The Morgan fingerprint density at radius 1 is 1.12 bits per heavy atom. The van der Waals surface area contributed by atoms with Crippen LogP contribution >= 0.6 is 0 Å². The monoisotopic (exact) mass is 456 g/mol. The fourth-order valence-electron chi connectivity index (χ4n) is 3.67. The summed E-state index contributed by atoms with van der Waals surface area (Å²) in [6, 6.07) is 10.9. The van der Waals surface area contributed by atoms with Crippen LogP contribution in [0, 0.1) is 6.92 Å². The highest BCUT2D eigenvalue weighted by Gasteiger charge is 2.27. The Morgan fingerprint density at radius 3 is 2.62 bits per heavy atom. The van der Waals surface area contributed by atoms with Gasteiger partial charge in [0.15, 0.2) is 0 Å². The van der Waals surface area contributed by atoms with E-state index in [2.05, 4.69) is 19.9 Å². The third-order valence-electron chi connectivity index (χ3n) is 5.40. The number of nitrogens with one attached hydrogen (secondary N) is 1. The van der Waals surface area contributed by atoms with Crippen molar-refractivity contribution in [1.82, 2.24) is 18.8 Å². The second kappa shape index (κ2) is 9.68. The minimum atomic E-state index is -3.61. The van der Waals surface area contributed by atoms with E-state index in [0.29, 0.717) is 43.4 Å². The molecule has 170 valence electrons. The number of morpholine rings is 1. The van der Waals surface area contributed by atoms with Gasteiger partial charge >= 0.3 is 0 Å². The van der Waals surface area contributed by atoms with Gasteiger partial charge in [0.25, 0.3) is 0 Å². The highest BCUT2D eigenvalue weighted by Crippen LogP contribution is 2.28. The van der Waals surface area contributed by atoms with E-state index in [4.69, 9.17) is 10.5 Å². The molecule has 9 nitrogen and oxygen atoms in total. The van der Waals surface area contributed by atoms with E-state index >= 15 is 0 Å². The lowest BCUT2D eigenvalue weighted by Gasteiger charge is -2.26. The van der Waals surface area contributed by atoms with Crippen molar-refractivity contribution in [3.63, 3.8) is 0 Å². The number of rotatable bonds is 8. The summed E-state index contributed by atoms with van der Waals surface area (Å²) in [6.45, 7) is 5.04. The van der Waals surface area contributed by atoms with Crippen LogP contribution in [0.25, 0.3) is 11.3 Å². The van der Waals surface area contributed by atoms with E-state index in [1.165, 1.54) is 4.31 Å². The van der Waals surface area contributed by atoms with Gasteiger partial charge in [-0.05, 0) is 43.2 Å². The Labute approximate surface area is 188 Å². The molecule has 1 aromatic carbocycles. The number of aromatic nitrogens is 3. The zero-order chi connectivity index (χ0) is 22.6. The smallest absolute Gasteiger partial charge is 0.243 e. The average Bonchev–Trinajstić information content (AvgIpc) is 3.31. The fraction of sp³-hybridized carbons (Fsp3) is 0.364. The number of hydrogen-bond acceptors (Lipinski definition) is 7. The summed E-state index contributed by atoms with van der Waals surface area (Å²) in [5, 5.41) is 3.29. The van der Waals surface area contributed by atoms with Gasteiger partial charge < -0.3 is 20.4 Å². The van der Waals surface area contributed by atoms with Crippen LogP contribution in [0.4, 0.5) is 11.8 Å². The van der Waals surface area contributed by atoms with Crippen LogP contribution in [-0.2, 0) is 21.3 Å². The molecule has 2 aromatic heterocycles. The van der Waals surface area contributed by atoms with Crippen LogP contribution in [0.15, 0.2) is 53.7 Å². The second-order valence-electron chi connectivity index (χ2n) is 7.69. The van der Waals surface area contributed by atoms with Crippen molar-refractivity contribution in [1.29, 1.82) is 0 Å². The molecule has 1 fully saturated rings. The van der Waals surface area contributed by atoms with Gasteiger partial charge in [0.2, 0.25) is 16.0 Å². The Kier molecular flexibility index (Phi) is 6.73. The fourth-order valence-corrected chi connectivity index (χ4v) is 5.10. The molecule has 3 N–H and O–H groups in total. The maximum Gasteiger partial charge on any atom is 0.243 e. The second-order valence-corrected chi connectivity index (χ2v) is 9.63. The minimum Gasteiger partial charge on any atom is -0.379 e. The van der Waals surface area contributed by atoms with E-state index in [1.54, 1.807) is 24.3 Å². The third-order valence-corrected chi connectivity index (χ3v) is 7.30. The predicted molar refractivity (Wildman–Crippen MR) is 124 cm³/mol. The van der Waals surface area contributed by atoms with E-state index in [0.717, 1.165) is 25.1 Å². The lowest BCUT2D eigenvalue weighted by molar-refractivity contribution is 0.0730. The maximum absolute atomic E-state index is 13.1. The summed E-state index contributed by atoms with van der Waals surface area (Å²) >= 11 is 0. The molecule has 0 atom stereocenters. The first-order valence-corrected chi connectivity index (χ1v) is 12.1. The maximum atomic E-state index is 13.1. The molecule has 1 aliphatic rings. The van der Waals surface area contributed by atoms with Crippen LogP contribution in [-0.4, -0.2) is 60.1 Å². The third kappa shape index (κ3) is 5.09. The molecule has 1 aliphatic heterocycles. The molecule has 32 heavy (non-hydrogen) atoms. The molecule has 0 radical (unpaired) electrons. The summed E-state index contributed by atoms with van der Waals surface area (Å²) < 4.78 is 35.0. The van der Waals surface area contributed by atoms with Crippen molar-refractivity contribution in [2.45, 2.75) is 24.8 Å². The Balaban J connectivity index is 1.54. The van der Waals surface area contributed by atoms with Crippen molar-refractivity contribution in [2.75, 3.05) is 43.9 Å². The van der Waals surface area contributed by atoms with Gasteiger partial charge in [0, 0.05) is 50.2 Å². The summed E-state index contributed by atoms with van der Waals surface area (Å²) in [6.07, 6.45) is 4.98. The number of ether oxygens (including phenoxy) is 1. The Hall–Kier alpha value is -2.95. The summed E-state index contributed by atoms with van der Waals surface area (Å²) in [5.74, 6) is 0.747. The van der Waals surface area contributed by atoms with E-state index in [-0.39, 0.29) is 10.8 Å². The highest BCUT2D eigenvalue weighted by molar-refractivity contribution is 7.89. The normalized spacial score (nSPS) is 15.0. The topological polar surface area (TPSA) is 115 Å². The molecule has 0 bridgehead atoms. The van der Waals surface area contributed by atoms with Gasteiger partial charge in [-0.15, -0.1) is 0 Å². The van der Waals surface area contributed by atoms with E-state index in [1.807, 2.05) is 31.5 Å². The van der Waals surface area contributed by atoms with Crippen molar-refractivity contribution >= 4 is 21.8 Å². The van der Waals surface area contributed by atoms with Gasteiger partial charge in [-0.25, -0.2) is 13.4 Å². The van der Waals surface area contributed by atoms with Crippen LogP contribution in [0.3, 0.4) is 0 Å². The number of hydrogen-bond donors (Lipinski definition) is 2. The van der Waals surface area contributed by atoms with Crippen LogP contribution in [0.2, 0.25) is 0 Å². The summed E-state index contributed by atoms with van der Waals surface area (Å²) in [4.78, 5) is 8.87. The van der Waals surface area contributed by atoms with Crippen LogP contribution in [0.1, 0.15) is 12.0 Å². The molecule has 0 saturated carbocycles. The number of sulfonamides is 1. The Bertz CT molecular complexity index is 1160. The quantitative estimate of drug-likeness (QED) is 0.500. The van der Waals surface area contributed by atoms with Crippen molar-refractivity contribution in [2.24, 2.45) is 0 Å². The average molecular weight is 457 g/mol. The van der Waals surface area contributed by atoms with Crippen molar-refractivity contribution in [3.8, 4) is 11.3 Å². The van der Waals surface area contributed by atoms with Crippen molar-refractivity contribution < 1.29 is 13.2 Å². The van der Waals surface area contributed by atoms with Gasteiger partial charge in [-0.1, -0.05) is 6.07 Å². The van der Waals surface area contributed by atoms with E-state index < -0.39 is 10.0 Å². The predicted octanol–water partition coefficient (Wildman–Crippen LogP) is 2.36. The zero-order valence-electron chi connectivity index (χ0n) is 18.1. The molecular formula is C22H28N6O3S. The van der Waals surface area contributed by atoms with Gasteiger partial charge in [0.05, 0.1) is 23.8 Å². The first-order chi connectivity index (χ1) is 15.4. The number of anilines is 2. The lowest BCUT2D eigenvalue weighted by atomic mass is 10.1. The van der Waals surface area contributed by atoms with E-state index in [9.17, 15) is 8.42 Å². The first kappa shape index (κ1) is 22.3. The molecule has 4 rings (SSSR count). The Morgan fingerprint density at radius 2 is 1.88 bits per heavy atom. The number of nitrogen functional groups attached to an aromatic ring is 1. The molecule has 0 amide bonds. The molecule has 0 unspecified atom stereocenters. The van der Waals surface area contributed by atoms with Gasteiger partial charge in [-0.2, -0.15) is 9.29 Å². The highest BCUT2D eigenvalue weighted by atomic mass is 32.2. The number of nitrogens with two attached hydrogens (primary N) is 1. The van der Waals surface area contributed by atoms with Gasteiger partial charge in [0.1, 0.15) is 5.82 Å². The van der Waals surface area contributed by atoms with Gasteiger partial charge in [-0.3, -0.25) is 0 Å². The van der Waals surface area contributed by atoms with Crippen molar-refractivity contribution in [3.05, 3.63) is 54.4 Å².